The van der Waals surface area contributed by atoms with Crippen LogP contribution in [0.25, 0.3) is 0 Å². The first-order chi connectivity index (χ1) is 30.7. The Morgan fingerprint density at radius 3 is 1.05 bits per heavy atom. The van der Waals surface area contributed by atoms with Gasteiger partial charge in [-0.25, -0.2) is 0 Å². The van der Waals surface area contributed by atoms with Crippen molar-refractivity contribution in [2.45, 2.75) is 167 Å². The number of carbonyl (C=O) groups is 1. The maximum atomic E-state index is 12.3. The number of carbonyl (C=O) groups excluding carboxylic acids is 1. The van der Waals surface area contributed by atoms with E-state index in [2.05, 4.69) is 189 Å². The van der Waals surface area contributed by atoms with E-state index >= 15 is 0 Å². The molecule has 0 saturated heterocycles. The van der Waals surface area contributed by atoms with Crippen LogP contribution in [0.4, 0.5) is 0 Å². The van der Waals surface area contributed by atoms with Crippen molar-refractivity contribution in [2.24, 2.45) is 0 Å². The Hall–Kier alpha value is -4.51. The van der Waals surface area contributed by atoms with Crippen molar-refractivity contribution in [3.05, 3.63) is 182 Å². The summed E-state index contributed by atoms with van der Waals surface area (Å²) in [6.45, 7) is 4.05. The van der Waals surface area contributed by atoms with Gasteiger partial charge in [-0.3, -0.25) is 4.79 Å². The highest BCUT2D eigenvalue weighted by Crippen LogP contribution is 2.06. The molecule has 0 bridgehead atoms. The van der Waals surface area contributed by atoms with E-state index in [9.17, 15) is 15.0 Å². The molecule has 0 aliphatic carbocycles. The topological polar surface area (TPSA) is 69.6 Å². The number of allylic oxidation sites excluding steroid dienone is 29. The quantitative estimate of drug-likeness (QED) is 0.0425. The van der Waals surface area contributed by atoms with Gasteiger partial charge in [-0.1, -0.05) is 203 Å². The van der Waals surface area contributed by atoms with Crippen LogP contribution in [0.1, 0.15) is 155 Å². The smallest absolute Gasteiger partial charge is 0.220 e. The molecule has 4 nitrogen and oxygen atoms in total. The van der Waals surface area contributed by atoms with Crippen molar-refractivity contribution in [2.75, 3.05) is 6.61 Å². The van der Waals surface area contributed by atoms with E-state index in [1.54, 1.807) is 6.08 Å². The van der Waals surface area contributed by atoms with E-state index in [4.69, 9.17) is 0 Å². The van der Waals surface area contributed by atoms with Crippen LogP contribution in [0.5, 0.6) is 0 Å². The first-order valence-corrected chi connectivity index (χ1v) is 24.0. The van der Waals surface area contributed by atoms with Crippen LogP contribution >= 0.6 is 0 Å². The monoisotopic (exact) mass is 846 g/mol. The molecule has 0 aliphatic heterocycles. The van der Waals surface area contributed by atoms with Gasteiger partial charge in [-0.2, -0.15) is 0 Å². The Morgan fingerprint density at radius 2 is 0.710 bits per heavy atom. The number of hydrogen-bond donors (Lipinski definition) is 3. The summed E-state index contributed by atoms with van der Waals surface area (Å²) in [5, 5.41) is 22.8. The van der Waals surface area contributed by atoms with Crippen LogP contribution in [0.15, 0.2) is 182 Å². The number of hydrogen-bond acceptors (Lipinski definition) is 3. The largest absolute Gasteiger partial charge is 0.394 e. The van der Waals surface area contributed by atoms with Crippen molar-refractivity contribution in [3.8, 4) is 0 Å². The molecule has 0 radical (unpaired) electrons. The molecule has 342 valence electrons. The van der Waals surface area contributed by atoms with Crippen LogP contribution in [-0.4, -0.2) is 34.9 Å². The average molecular weight is 846 g/mol. The molecule has 0 rings (SSSR count). The van der Waals surface area contributed by atoms with Gasteiger partial charge in [-0.05, 0) is 128 Å². The second kappa shape index (κ2) is 50.8. The fourth-order valence-electron chi connectivity index (χ4n) is 5.72. The number of nitrogens with one attached hydrogen (secondary N) is 1. The molecule has 0 aromatic carbocycles. The van der Waals surface area contributed by atoms with Crippen molar-refractivity contribution >= 4 is 5.91 Å². The Morgan fingerprint density at radius 1 is 0.403 bits per heavy atom. The summed E-state index contributed by atoms with van der Waals surface area (Å²) >= 11 is 0. The SMILES string of the molecule is CC/C=C\C/C=C\C/C=C\C/C=C\C/C=C\C/C=C\C/C=C\C/C=C\C/C=C\C/C=C\C/C=C\C/C=C\CCCCC(=O)NC(CO)C(O)/C=C/CC/C=C/CC/C=C/CCC. The summed E-state index contributed by atoms with van der Waals surface area (Å²) in [5.41, 5.74) is 0. The van der Waals surface area contributed by atoms with E-state index in [0.717, 1.165) is 128 Å². The highest BCUT2D eigenvalue weighted by molar-refractivity contribution is 5.76. The van der Waals surface area contributed by atoms with Crippen LogP contribution in [-0.2, 0) is 4.79 Å². The molecule has 2 atom stereocenters. The molecule has 0 aromatic heterocycles. The minimum atomic E-state index is -0.900. The second-order valence-corrected chi connectivity index (χ2v) is 15.1. The first kappa shape index (κ1) is 57.5. The van der Waals surface area contributed by atoms with Gasteiger partial charge in [0.1, 0.15) is 0 Å². The van der Waals surface area contributed by atoms with E-state index in [-0.39, 0.29) is 12.5 Å². The lowest BCUT2D eigenvalue weighted by molar-refractivity contribution is -0.123. The van der Waals surface area contributed by atoms with Gasteiger partial charge in [0.05, 0.1) is 18.8 Å². The Labute approximate surface area is 380 Å². The summed E-state index contributed by atoms with van der Waals surface area (Å²) in [6.07, 6.45) is 85.9. The molecule has 0 saturated carbocycles. The summed E-state index contributed by atoms with van der Waals surface area (Å²) < 4.78 is 0. The zero-order valence-electron chi connectivity index (χ0n) is 39.0. The highest BCUT2D eigenvalue weighted by atomic mass is 16.3. The normalized spacial score (nSPS) is 14.6. The van der Waals surface area contributed by atoms with E-state index in [1.807, 2.05) is 6.08 Å². The first-order valence-electron chi connectivity index (χ1n) is 24.0. The average Bonchev–Trinajstić information content (AvgIpc) is 3.28. The lowest BCUT2D eigenvalue weighted by Gasteiger charge is -2.19. The van der Waals surface area contributed by atoms with E-state index in [1.165, 1.54) is 6.42 Å². The molecule has 0 heterocycles. The zero-order chi connectivity index (χ0) is 44.9. The van der Waals surface area contributed by atoms with Crippen LogP contribution in [0, 0.1) is 0 Å². The number of unbranched alkanes of at least 4 members (excludes halogenated alkanes) is 5. The standard InChI is InChI=1S/C58H87NO3/c1-3-5-7-9-11-13-15-16-17-18-19-20-21-22-23-24-25-26-27-28-29-30-31-32-33-34-35-36-37-38-39-40-41-42-44-46-48-50-52-54-58(62)59-56(55-60)57(61)53-51-49-47-45-43-14-12-10-8-6-4-2/h5,7-8,10-11,13,16-17,19-20,22-23,25-26,28-29,31-32,34-35,37-38,40-41,43-46,51,53,56-57,60-61H,3-4,6,9,12,14-15,18,21,24,27,30,33,36,39,42,47-50,52,54-55H2,1-2H3,(H,59,62)/b7-5-,10-8+,13-11-,17-16-,20-19-,23-22-,26-25-,29-28-,32-31-,35-34-,38-37-,41-40-,45-43+,46-44-,53-51+. The maximum absolute atomic E-state index is 12.3. The summed E-state index contributed by atoms with van der Waals surface area (Å²) in [6, 6.07) is -0.681. The molecule has 62 heavy (non-hydrogen) atoms. The van der Waals surface area contributed by atoms with Gasteiger partial charge >= 0.3 is 0 Å². The van der Waals surface area contributed by atoms with Gasteiger partial charge in [0.15, 0.2) is 0 Å². The summed E-state index contributed by atoms with van der Waals surface area (Å²) in [5.74, 6) is -0.132. The van der Waals surface area contributed by atoms with Crippen LogP contribution in [0.2, 0.25) is 0 Å². The lowest BCUT2D eigenvalue weighted by Crippen LogP contribution is -2.45. The minimum Gasteiger partial charge on any atom is -0.394 e. The molecule has 2 unspecified atom stereocenters. The number of rotatable bonds is 40. The van der Waals surface area contributed by atoms with Crippen molar-refractivity contribution in [1.29, 1.82) is 0 Å². The minimum absolute atomic E-state index is 0.132. The molecule has 0 aliphatic rings. The van der Waals surface area contributed by atoms with Crippen molar-refractivity contribution in [1.82, 2.24) is 5.32 Å². The van der Waals surface area contributed by atoms with Gasteiger partial charge in [0.25, 0.3) is 0 Å². The van der Waals surface area contributed by atoms with Gasteiger partial charge in [-0.15, -0.1) is 0 Å². The van der Waals surface area contributed by atoms with E-state index < -0.39 is 12.1 Å². The third-order valence-corrected chi connectivity index (χ3v) is 9.33. The Kier molecular flexibility index (Phi) is 47.1. The molecule has 0 aromatic rings. The van der Waals surface area contributed by atoms with Crippen LogP contribution in [0.3, 0.4) is 0 Å². The third kappa shape index (κ3) is 46.6. The van der Waals surface area contributed by atoms with Crippen molar-refractivity contribution in [3.63, 3.8) is 0 Å². The molecule has 1 amide bonds. The summed E-state index contributed by atoms with van der Waals surface area (Å²) in [4.78, 5) is 12.3. The molecular weight excluding hydrogens is 759 g/mol. The molecule has 3 N–H and O–H groups in total. The fourth-order valence-corrected chi connectivity index (χ4v) is 5.72. The molecule has 0 spiro atoms. The molecular formula is C58H87NO3. The highest BCUT2D eigenvalue weighted by Gasteiger charge is 2.17. The van der Waals surface area contributed by atoms with Gasteiger partial charge in [0, 0.05) is 6.42 Å². The predicted molar refractivity (Wildman–Crippen MR) is 275 cm³/mol. The number of aliphatic hydroxyl groups excluding tert-OH is 2. The Bertz CT molecular complexity index is 1470. The van der Waals surface area contributed by atoms with E-state index in [0.29, 0.717) is 6.42 Å². The maximum Gasteiger partial charge on any atom is 0.220 e. The van der Waals surface area contributed by atoms with Gasteiger partial charge in [0.2, 0.25) is 5.91 Å². The second-order valence-electron chi connectivity index (χ2n) is 15.1. The zero-order valence-corrected chi connectivity index (χ0v) is 39.0. The number of aliphatic hydroxyl groups is 2. The molecule has 4 heteroatoms. The lowest BCUT2D eigenvalue weighted by atomic mass is 10.1. The molecule has 0 fully saturated rings. The van der Waals surface area contributed by atoms with Gasteiger partial charge < -0.3 is 15.5 Å². The summed E-state index contributed by atoms with van der Waals surface area (Å²) in [7, 11) is 0. The van der Waals surface area contributed by atoms with Crippen molar-refractivity contribution < 1.29 is 15.0 Å². The predicted octanol–water partition coefficient (Wildman–Crippen LogP) is 15.8. The Balaban J connectivity index is 3.80. The third-order valence-electron chi connectivity index (χ3n) is 9.33. The fraction of sp³-hybridized carbons (Fsp3) is 0.466. The number of amides is 1. The van der Waals surface area contributed by atoms with Crippen LogP contribution < -0.4 is 5.32 Å².